The molecule has 0 spiro atoms. The highest BCUT2D eigenvalue weighted by Crippen LogP contribution is 2.32. The maximum Gasteiger partial charge on any atom is 0.255 e. The van der Waals surface area contributed by atoms with Crippen LogP contribution in [0, 0.1) is 6.92 Å². The van der Waals surface area contributed by atoms with E-state index >= 15 is 0 Å². The van der Waals surface area contributed by atoms with E-state index in [-0.39, 0.29) is 5.91 Å². The second-order valence-electron chi connectivity index (χ2n) is 8.27. The largest absolute Gasteiger partial charge is 0.478 e. The molecule has 0 saturated carbocycles. The highest BCUT2D eigenvalue weighted by Gasteiger charge is 2.13. The van der Waals surface area contributed by atoms with Crippen LogP contribution in [0.2, 0.25) is 0 Å². The SMILES string of the molecule is CCOc1ccc(-c2cn(C)c3cc(NC(=O)c4ccc(C)c(Nc5ncncn5)c4)ccc23)cn1. The zero-order chi connectivity index (χ0) is 25.1. The van der Waals surface area contributed by atoms with E-state index in [2.05, 4.69) is 36.8 Å². The average molecular weight is 480 g/mol. The number of fused-ring (bicyclic) bond motifs is 1. The van der Waals surface area contributed by atoms with Crippen LogP contribution in [0.3, 0.4) is 0 Å². The lowest BCUT2D eigenvalue weighted by atomic mass is 10.1. The molecular formula is C27H25N7O2. The van der Waals surface area contributed by atoms with Crippen LogP contribution >= 0.6 is 0 Å². The fourth-order valence-electron chi connectivity index (χ4n) is 3.99. The third-order valence-electron chi connectivity index (χ3n) is 5.83. The first-order valence-electron chi connectivity index (χ1n) is 11.5. The number of aryl methyl sites for hydroxylation is 2. The minimum absolute atomic E-state index is 0.210. The normalized spacial score (nSPS) is 10.9. The van der Waals surface area contributed by atoms with Crippen LogP contribution in [-0.2, 0) is 7.05 Å². The van der Waals surface area contributed by atoms with E-state index in [0.717, 1.165) is 33.3 Å². The Kier molecular flexibility index (Phi) is 6.27. The molecule has 2 N–H and O–H groups in total. The highest BCUT2D eigenvalue weighted by atomic mass is 16.5. The molecule has 5 rings (SSSR count). The van der Waals surface area contributed by atoms with E-state index in [0.29, 0.717) is 29.7 Å². The second-order valence-corrected chi connectivity index (χ2v) is 8.27. The summed E-state index contributed by atoms with van der Waals surface area (Å²) in [5.41, 5.74) is 6.00. The molecule has 3 aromatic heterocycles. The van der Waals surface area contributed by atoms with Gasteiger partial charge < -0.3 is 19.9 Å². The van der Waals surface area contributed by atoms with Gasteiger partial charge in [-0.3, -0.25) is 4.79 Å². The molecule has 1 amide bonds. The van der Waals surface area contributed by atoms with Crippen molar-refractivity contribution in [3.63, 3.8) is 0 Å². The lowest BCUT2D eigenvalue weighted by molar-refractivity contribution is 0.102. The number of aromatic nitrogens is 5. The van der Waals surface area contributed by atoms with Crippen LogP contribution in [0.25, 0.3) is 22.0 Å². The van der Waals surface area contributed by atoms with Crippen molar-refractivity contribution in [2.75, 3.05) is 17.2 Å². The number of pyridine rings is 1. The average Bonchev–Trinajstić information content (AvgIpc) is 3.22. The summed E-state index contributed by atoms with van der Waals surface area (Å²) in [6.45, 7) is 4.46. The Bertz CT molecular complexity index is 1530. The molecule has 0 aliphatic carbocycles. The highest BCUT2D eigenvalue weighted by molar-refractivity contribution is 6.06. The molecule has 0 radical (unpaired) electrons. The van der Waals surface area contributed by atoms with Crippen molar-refractivity contribution in [1.29, 1.82) is 0 Å². The number of hydrogen-bond donors (Lipinski definition) is 2. The number of nitrogens with one attached hydrogen (secondary N) is 2. The van der Waals surface area contributed by atoms with Gasteiger partial charge in [0.2, 0.25) is 11.8 Å². The number of hydrogen-bond acceptors (Lipinski definition) is 7. The number of anilines is 3. The molecule has 0 atom stereocenters. The summed E-state index contributed by atoms with van der Waals surface area (Å²) in [5, 5.41) is 7.21. The Labute approximate surface area is 208 Å². The van der Waals surface area contributed by atoms with E-state index in [9.17, 15) is 4.79 Å². The molecule has 0 unspecified atom stereocenters. The van der Waals surface area contributed by atoms with Crippen LogP contribution in [0.15, 0.2) is 73.6 Å². The predicted molar refractivity (Wildman–Crippen MR) is 140 cm³/mol. The molecular weight excluding hydrogens is 454 g/mol. The van der Waals surface area contributed by atoms with E-state index in [1.807, 2.05) is 68.1 Å². The van der Waals surface area contributed by atoms with Gasteiger partial charge in [-0.15, -0.1) is 0 Å². The quantitative estimate of drug-likeness (QED) is 0.333. The lowest BCUT2D eigenvalue weighted by Gasteiger charge is -2.11. The molecule has 5 aromatic rings. The van der Waals surface area contributed by atoms with Gasteiger partial charge >= 0.3 is 0 Å². The van der Waals surface area contributed by atoms with Crippen LogP contribution < -0.4 is 15.4 Å². The summed E-state index contributed by atoms with van der Waals surface area (Å²) in [7, 11) is 1.98. The first-order chi connectivity index (χ1) is 17.5. The van der Waals surface area contributed by atoms with Crippen molar-refractivity contribution in [1.82, 2.24) is 24.5 Å². The summed E-state index contributed by atoms with van der Waals surface area (Å²) >= 11 is 0. The Morgan fingerprint density at radius 1 is 1.03 bits per heavy atom. The zero-order valence-electron chi connectivity index (χ0n) is 20.2. The van der Waals surface area contributed by atoms with Crippen molar-refractivity contribution in [3.8, 4) is 17.0 Å². The fraction of sp³-hybridized carbons (Fsp3) is 0.148. The van der Waals surface area contributed by atoms with Crippen LogP contribution in [0.1, 0.15) is 22.8 Å². The topological polar surface area (TPSA) is 107 Å². The van der Waals surface area contributed by atoms with Crippen molar-refractivity contribution in [3.05, 3.63) is 84.7 Å². The summed E-state index contributed by atoms with van der Waals surface area (Å²) in [6, 6.07) is 15.2. The number of benzene rings is 2. The standard InChI is InChI=1S/C27H25N7O2/c1-4-36-25-10-7-19(13-29-25)22-14-34(3)24-12-20(8-9-21(22)24)32-26(35)18-6-5-17(2)23(11-18)33-27-30-15-28-16-31-27/h5-16H,4H2,1-3H3,(H,32,35)(H,28,30,31,33). The van der Waals surface area contributed by atoms with Gasteiger partial charge in [-0.25, -0.2) is 19.9 Å². The molecule has 3 heterocycles. The summed E-state index contributed by atoms with van der Waals surface area (Å²) in [6.07, 6.45) is 6.71. The van der Waals surface area contributed by atoms with Crippen LogP contribution in [-0.4, -0.2) is 37.0 Å². The number of rotatable bonds is 7. The van der Waals surface area contributed by atoms with E-state index in [1.165, 1.54) is 12.7 Å². The van der Waals surface area contributed by atoms with E-state index in [1.54, 1.807) is 12.1 Å². The minimum atomic E-state index is -0.210. The van der Waals surface area contributed by atoms with Gasteiger partial charge in [0.1, 0.15) is 12.7 Å². The molecule has 0 aliphatic rings. The van der Waals surface area contributed by atoms with Crippen molar-refractivity contribution in [2.45, 2.75) is 13.8 Å². The molecule has 9 heteroatoms. The number of ether oxygens (including phenoxy) is 1. The summed E-state index contributed by atoms with van der Waals surface area (Å²) < 4.78 is 7.49. The third-order valence-corrected chi connectivity index (χ3v) is 5.83. The second kappa shape index (κ2) is 9.83. The third kappa shape index (κ3) is 4.72. The smallest absolute Gasteiger partial charge is 0.255 e. The molecule has 9 nitrogen and oxygen atoms in total. The first kappa shape index (κ1) is 23.0. The van der Waals surface area contributed by atoms with Gasteiger partial charge in [-0.1, -0.05) is 12.1 Å². The molecule has 36 heavy (non-hydrogen) atoms. The number of carbonyl (C=O) groups excluding carboxylic acids is 1. The lowest BCUT2D eigenvalue weighted by Crippen LogP contribution is -2.12. The van der Waals surface area contributed by atoms with E-state index < -0.39 is 0 Å². The van der Waals surface area contributed by atoms with Crippen LogP contribution in [0.4, 0.5) is 17.3 Å². The molecule has 180 valence electrons. The van der Waals surface area contributed by atoms with Crippen LogP contribution in [0.5, 0.6) is 5.88 Å². The predicted octanol–water partition coefficient (Wildman–Crippen LogP) is 5.13. The first-order valence-corrected chi connectivity index (χ1v) is 11.5. The van der Waals surface area contributed by atoms with Gasteiger partial charge in [0.25, 0.3) is 5.91 Å². The molecule has 0 aliphatic heterocycles. The maximum absolute atomic E-state index is 13.1. The van der Waals surface area contributed by atoms with Gasteiger partial charge in [0, 0.05) is 59.0 Å². The molecule has 2 aromatic carbocycles. The van der Waals surface area contributed by atoms with Crippen molar-refractivity contribution in [2.24, 2.45) is 7.05 Å². The summed E-state index contributed by atoms with van der Waals surface area (Å²) in [4.78, 5) is 29.4. The summed E-state index contributed by atoms with van der Waals surface area (Å²) in [5.74, 6) is 0.811. The van der Waals surface area contributed by atoms with Gasteiger partial charge in [0.15, 0.2) is 0 Å². The Balaban J connectivity index is 1.38. The van der Waals surface area contributed by atoms with Gasteiger partial charge in [0.05, 0.1) is 12.1 Å². The fourth-order valence-corrected chi connectivity index (χ4v) is 3.99. The minimum Gasteiger partial charge on any atom is -0.478 e. The molecule has 0 fully saturated rings. The Morgan fingerprint density at radius 2 is 1.86 bits per heavy atom. The number of nitrogens with zero attached hydrogens (tertiary/aromatic N) is 5. The van der Waals surface area contributed by atoms with Gasteiger partial charge in [-0.2, -0.15) is 0 Å². The monoisotopic (exact) mass is 479 g/mol. The Morgan fingerprint density at radius 3 is 2.61 bits per heavy atom. The number of carbonyl (C=O) groups is 1. The van der Waals surface area contributed by atoms with Crippen molar-refractivity contribution < 1.29 is 9.53 Å². The zero-order valence-corrected chi connectivity index (χ0v) is 20.2. The molecule has 0 saturated heterocycles. The number of amides is 1. The maximum atomic E-state index is 13.1. The van der Waals surface area contributed by atoms with Crippen molar-refractivity contribution >= 4 is 34.1 Å². The van der Waals surface area contributed by atoms with E-state index in [4.69, 9.17) is 4.74 Å². The Hall–Kier alpha value is -4.79. The van der Waals surface area contributed by atoms with Gasteiger partial charge in [-0.05, 0) is 49.7 Å². The molecule has 0 bridgehead atoms.